The first-order valence-electron chi connectivity index (χ1n) is 10.1. The molecule has 0 aliphatic carbocycles. The molecule has 146 valence electrons. The van der Waals surface area contributed by atoms with E-state index >= 15 is 0 Å². The minimum atomic E-state index is 0.892. The van der Waals surface area contributed by atoms with Gasteiger partial charge in [0, 0.05) is 18.8 Å². The smallest absolute Gasteiger partial charge is 0.287 e. The van der Waals surface area contributed by atoms with Gasteiger partial charge in [0.25, 0.3) is 5.82 Å². The lowest BCUT2D eigenvalue weighted by Crippen LogP contribution is -2.34. The second kappa shape index (κ2) is 7.84. The number of benzene rings is 2. The number of allylic oxidation sites excluding steroid dienone is 2. The highest BCUT2D eigenvalue weighted by Crippen LogP contribution is 2.41. The highest BCUT2D eigenvalue weighted by Gasteiger charge is 2.28. The molecule has 0 fully saturated rings. The van der Waals surface area contributed by atoms with E-state index in [0.717, 1.165) is 35.9 Å². The Balaban J connectivity index is 1.78. The first kappa shape index (κ1) is 18.8. The Kier molecular flexibility index (Phi) is 5.09. The van der Waals surface area contributed by atoms with E-state index in [2.05, 4.69) is 113 Å². The molecule has 1 aliphatic heterocycles. The Labute approximate surface area is 172 Å². The molecule has 0 N–H and O–H groups in total. The molecule has 2 aromatic carbocycles. The van der Waals surface area contributed by atoms with Crippen LogP contribution in [0, 0.1) is 0 Å². The number of hydrogen-bond acceptors (Lipinski definition) is 2. The summed E-state index contributed by atoms with van der Waals surface area (Å²) in [5, 5.41) is 0. The number of fused-ring (bicyclic) bond motifs is 2. The van der Waals surface area contributed by atoms with Gasteiger partial charge in [-0.05, 0) is 44.2 Å². The number of hydrogen-bond donors (Lipinski definition) is 0. The molecular formula is C25H27N4+. The molecule has 1 aliphatic rings. The minimum Gasteiger partial charge on any atom is -0.326 e. The van der Waals surface area contributed by atoms with Gasteiger partial charge in [-0.2, -0.15) is 4.57 Å². The van der Waals surface area contributed by atoms with Crippen LogP contribution in [0.2, 0.25) is 0 Å². The Morgan fingerprint density at radius 2 is 1.66 bits per heavy atom. The van der Waals surface area contributed by atoms with Gasteiger partial charge in [0.15, 0.2) is 11.0 Å². The Morgan fingerprint density at radius 3 is 2.34 bits per heavy atom. The monoisotopic (exact) mass is 383 g/mol. The molecule has 4 heteroatoms. The van der Waals surface area contributed by atoms with E-state index in [1.807, 2.05) is 12.4 Å². The number of rotatable bonds is 6. The molecule has 0 saturated carbocycles. The van der Waals surface area contributed by atoms with E-state index in [4.69, 9.17) is 0 Å². The van der Waals surface area contributed by atoms with Crippen LogP contribution in [0.1, 0.15) is 19.7 Å². The third-order valence-corrected chi connectivity index (χ3v) is 5.40. The van der Waals surface area contributed by atoms with Crippen molar-refractivity contribution < 1.29 is 4.57 Å². The highest BCUT2D eigenvalue weighted by molar-refractivity contribution is 5.84. The van der Waals surface area contributed by atoms with Crippen LogP contribution in [-0.4, -0.2) is 11.1 Å². The first-order valence-corrected chi connectivity index (χ1v) is 10.1. The molecule has 0 unspecified atom stereocenters. The summed E-state index contributed by atoms with van der Waals surface area (Å²) in [6, 6.07) is 16.8. The molecule has 0 atom stereocenters. The summed E-state index contributed by atoms with van der Waals surface area (Å²) < 4.78 is 4.44. The van der Waals surface area contributed by atoms with Crippen molar-refractivity contribution in [2.24, 2.45) is 0 Å². The maximum atomic E-state index is 4.02. The van der Waals surface area contributed by atoms with E-state index in [0.29, 0.717) is 0 Å². The van der Waals surface area contributed by atoms with Gasteiger partial charge in [0.05, 0.1) is 24.1 Å². The lowest BCUT2D eigenvalue weighted by molar-refractivity contribution is -0.670. The lowest BCUT2D eigenvalue weighted by atomic mass is 10.2. The van der Waals surface area contributed by atoms with E-state index < -0.39 is 0 Å². The molecule has 0 spiro atoms. The number of aryl methyl sites for hydroxylation is 1. The summed E-state index contributed by atoms with van der Waals surface area (Å²) in [5.74, 6) is 2.20. The van der Waals surface area contributed by atoms with Crippen molar-refractivity contribution in [3.05, 3.63) is 91.7 Å². The second-order valence-electron chi connectivity index (χ2n) is 6.81. The zero-order chi connectivity index (χ0) is 20.4. The van der Waals surface area contributed by atoms with E-state index in [1.54, 1.807) is 0 Å². The molecule has 3 aromatic rings. The topological polar surface area (TPSA) is 15.3 Å². The van der Waals surface area contributed by atoms with Crippen LogP contribution >= 0.6 is 0 Å². The van der Waals surface area contributed by atoms with E-state index in [1.165, 1.54) is 11.2 Å². The van der Waals surface area contributed by atoms with Crippen LogP contribution in [0.25, 0.3) is 23.3 Å². The van der Waals surface area contributed by atoms with Gasteiger partial charge < -0.3 is 9.80 Å². The number of nitrogens with zero attached hydrogens (tertiary/aromatic N) is 4. The summed E-state index contributed by atoms with van der Waals surface area (Å²) in [4.78, 5) is 4.44. The van der Waals surface area contributed by atoms with E-state index in [9.17, 15) is 0 Å². The molecule has 4 rings (SSSR count). The number of para-hydroxylation sites is 4. The SMILES string of the molecule is C=CN1/C(=C\C=C\c2n(C=C)c3ccccc3[n+]2CC)N(CC)c2ccccc21. The molecule has 0 radical (unpaired) electrons. The van der Waals surface area contributed by atoms with Crippen LogP contribution in [0.4, 0.5) is 11.4 Å². The predicted molar refractivity (Wildman–Crippen MR) is 123 cm³/mol. The fraction of sp³-hybridized carbons (Fsp3) is 0.160. The van der Waals surface area contributed by atoms with Crippen LogP contribution in [0.15, 0.2) is 85.9 Å². The van der Waals surface area contributed by atoms with Gasteiger partial charge in [-0.3, -0.25) is 0 Å². The number of anilines is 2. The van der Waals surface area contributed by atoms with Crippen molar-refractivity contribution in [3.8, 4) is 0 Å². The summed E-state index contributed by atoms with van der Waals surface area (Å²) in [7, 11) is 0. The molecule has 0 saturated heterocycles. The van der Waals surface area contributed by atoms with Crippen molar-refractivity contribution in [2.75, 3.05) is 16.3 Å². The first-order chi connectivity index (χ1) is 14.2. The van der Waals surface area contributed by atoms with Crippen molar-refractivity contribution in [2.45, 2.75) is 20.4 Å². The summed E-state index contributed by atoms with van der Waals surface area (Å²) >= 11 is 0. The quantitative estimate of drug-likeness (QED) is 0.530. The molecular weight excluding hydrogens is 356 g/mol. The van der Waals surface area contributed by atoms with Crippen molar-refractivity contribution in [1.82, 2.24) is 4.57 Å². The average molecular weight is 384 g/mol. The zero-order valence-corrected chi connectivity index (χ0v) is 17.1. The normalized spacial score (nSPS) is 14.9. The molecule has 1 aromatic heterocycles. The Hall–Kier alpha value is -3.53. The van der Waals surface area contributed by atoms with Gasteiger partial charge in [-0.15, -0.1) is 0 Å². The van der Waals surface area contributed by atoms with Gasteiger partial charge >= 0.3 is 0 Å². The van der Waals surface area contributed by atoms with Crippen LogP contribution in [-0.2, 0) is 6.54 Å². The van der Waals surface area contributed by atoms with Crippen LogP contribution in [0.5, 0.6) is 0 Å². The Bertz CT molecular complexity index is 1130. The Morgan fingerprint density at radius 1 is 0.931 bits per heavy atom. The summed E-state index contributed by atoms with van der Waals surface area (Å²) in [6.07, 6.45) is 10.2. The van der Waals surface area contributed by atoms with Crippen LogP contribution < -0.4 is 14.4 Å². The highest BCUT2D eigenvalue weighted by atomic mass is 15.4. The fourth-order valence-corrected chi connectivity index (χ4v) is 4.16. The number of imidazole rings is 1. The number of aromatic nitrogens is 2. The molecule has 0 bridgehead atoms. The van der Waals surface area contributed by atoms with Gasteiger partial charge in [0.1, 0.15) is 5.82 Å². The maximum Gasteiger partial charge on any atom is 0.287 e. The molecule has 0 amide bonds. The third-order valence-electron chi connectivity index (χ3n) is 5.40. The van der Waals surface area contributed by atoms with Crippen LogP contribution in [0.3, 0.4) is 0 Å². The summed E-state index contributed by atoms with van der Waals surface area (Å²) in [6.45, 7) is 14.2. The predicted octanol–water partition coefficient (Wildman–Crippen LogP) is 5.39. The van der Waals surface area contributed by atoms with Gasteiger partial charge in [-0.1, -0.05) is 43.5 Å². The lowest BCUT2D eigenvalue weighted by Gasteiger charge is -2.21. The van der Waals surface area contributed by atoms with Gasteiger partial charge in [-0.25, -0.2) is 4.57 Å². The standard InChI is InChI=1S/C25H27N4/c1-5-26-20-14-9-10-15-21(20)27(6-2)24(26)18-13-19-25-28(7-3)22-16-11-12-17-23(22)29(25)8-4/h5,7,9-19H,1,3,6,8H2,2,4H3/q+1. The second-order valence-corrected chi connectivity index (χ2v) is 6.81. The zero-order valence-electron chi connectivity index (χ0n) is 17.1. The molecule has 29 heavy (non-hydrogen) atoms. The third kappa shape index (κ3) is 2.97. The largest absolute Gasteiger partial charge is 0.326 e. The molecule has 2 heterocycles. The fourth-order valence-electron chi connectivity index (χ4n) is 4.16. The van der Waals surface area contributed by atoms with Crippen molar-refractivity contribution >= 4 is 34.7 Å². The maximum absolute atomic E-state index is 4.02. The van der Waals surface area contributed by atoms with Crippen molar-refractivity contribution in [3.63, 3.8) is 0 Å². The minimum absolute atomic E-state index is 0.892. The summed E-state index contributed by atoms with van der Waals surface area (Å²) in [5.41, 5.74) is 4.73. The van der Waals surface area contributed by atoms with E-state index in [-0.39, 0.29) is 0 Å². The van der Waals surface area contributed by atoms with Crippen molar-refractivity contribution in [1.29, 1.82) is 0 Å². The van der Waals surface area contributed by atoms with Gasteiger partial charge in [0.2, 0.25) is 0 Å². The molecule has 4 nitrogen and oxygen atoms in total. The average Bonchev–Trinajstić information content (AvgIpc) is 3.24.